The predicted octanol–water partition coefficient (Wildman–Crippen LogP) is 1.79. The molecule has 0 N–H and O–H groups in total. The van der Waals surface area contributed by atoms with Gasteiger partial charge in [-0.05, 0) is 44.4 Å². The minimum absolute atomic E-state index is 0.381. The molecular weight excluding hydrogens is 174 g/mol. The average Bonchev–Trinajstić information content (AvgIpc) is 3.05. The molecule has 0 amide bonds. The van der Waals surface area contributed by atoms with Crippen molar-refractivity contribution < 1.29 is 4.74 Å². The van der Waals surface area contributed by atoms with Gasteiger partial charge < -0.3 is 4.74 Å². The summed E-state index contributed by atoms with van der Waals surface area (Å²) in [7, 11) is 0. The second kappa shape index (κ2) is 2.53. The molecule has 78 valence electrons. The molecule has 0 aromatic heterocycles. The molecule has 3 heterocycles. The Labute approximate surface area is 85.6 Å². The molecule has 1 aliphatic carbocycles. The normalized spacial score (nSPS) is 51.4. The van der Waals surface area contributed by atoms with E-state index in [1.165, 1.54) is 45.1 Å². The van der Waals surface area contributed by atoms with Crippen molar-refractivity contribution in [2.24, 2.45) is 5.92 Å². The van der Waals surface area contributed by atoms with Crippen molar-refractivity contribution in [3.05, 3.63) is 0 Å². The highest BCUT2D eigenvalue weighted by Crippen LogP contribution is 2.49. The van der Waals surface area contributed by atoms with E-state index in [1.807, 2.05) is 0 Å². The highest BCUT2D eigenvalue weighted by Gasteiger charge is 2.56. The minimum atomic E-state index is 0.381. The molecule has 4 aliphatic rings. The lowest BCUT2D eigenvalue weighted by Gasteiger charge is -2.37. The maximum Gasteiger partial charge on any atom is 0.0946 e. The fourth-order valence-electron chi connectivity index (χ4n) is 3.63. The van der Waals surface area contributed by atoms with E-state index in [2.05, 4.69) is 4.90 Å². The van der Waals surface area contributed by atoms with Crippen LogP contribution in [0.5, 0.6) is 0 Å². The highest BCUT2D eigenvalue weighted by molar-refractivity contribution is 5.08. The lowest BCUT2D eigenvalue weighted by atomic mass is 9.91. The summed E-state index contributed by atoms with van der Waals surface area (Å²) < 4.78 is 5.66. The summed E-state index contributed by atoms with van der Waals surface area (Å²) in [6.45, 7) is 2.47. The lowest BCUT2D eigenvalue weighted by Crippen LogP contribution is -2.46. The molecule has 2 nitrogen and oxygen atoms in total. The SMILES string of the molecule is C1CC1CN1C2CCC1CC1(CO1)C2. The number of rotatable bonds is 2. The fraction of sp³-hybridized carbons (Fsp3) is 1.00. The first kappa shape index (κ1) is 8.12. The van der Waals surface area contributed by atoms with Crippen molar-refractivity contribution in [3.63, 3.8) is 0 Å². The lowest BCUT2D eigenvalue weighted by molar-refractivity contribution is 0.0765. The van der Waals surface area contributed by atoms with Crippen LogP contribution in [0.4, 0.5) is 0 Å². The fourth-order valence-corrected chi connectivity index (χ4v) is 3.63. The molecule has 0 aromatic carbocycles. The smallest absolute Gasteiger partial charge is 0.0946 e. The van der Waals surface area contributed by atoms with Crippen molar-refractivity contribution in [3.8, 4) is 0 Å². The Morgan fingerprint density at radius 1 is 1.07 bits per heavy atom. The van der Waals surface area contributed by atoms with Crippen LogP contribution in [-0.4, -0.2) is 35.7 Å². The summed E-state index contributed by atoms with van der Waals surface area (Å²) >= 11 is 0. The quantitative estimate of drug-likeness (QED) is 0.621. The van der Waals surface area contributed by atoms with Crippen LogP contribution in [0.2, 0.25) is 0 Å². The van der Waals surface area contributed by atoms with Gasteiger partial charge in [-0.15, -0.1) is 0 Å². The Balaban J connectivity index is 1.51. The molecule has 4 rings (SSSR count). The van der Waals surface area contributed by atoms with E-state index in [4.69, 9.17) is 4.74 Å². The first-order valence-electron chi connectivity index (χ1n) is 6.24. The third-order valence-corrected chi connectivity index (χ3v) is 4.70. The first-order valence-corrected chi connectivity index (χ1v) is 6.24. The summed E-state index contributed by atoms with van der Waals surface area (Å²) in [5.74, 6) is 1.06. The van der Waals surface area contributed by atoms with Crippen LogP contribution in [-0.2, 0) is 4.74 Å². The van der Waals surface area contributed by atoms with Crippen molar-refractivity contribution in [2.45, 2.75) is 56.2 Å². The van der Waals surface area contributed by atoms with Crippen LogP contribution >= 0.6 is 0 Å². The topological polar surface area (TPSA) is 15.8 Å². The van der Waals surface area contributed by atoms with Crippen LogP contribution in [0.3, 0.4) is 0 Å². The molecule has 3 saturated heterocycles. The number of epoxide rings is 1. The van der Waals surface area contributed by atoms with Crippen LogP contribution in [0.15, 0.2) is 0 Å². The van der Waals surface area contributed by atoms with Gasteiger partial charge in [-0.2, -0.15) is 0 Å². The summed E-state index contributed by atoms with van der Waals surface area (Å²) in [5, 5.41) is 0. The number of hydrogen-bond donors (Lipinski definition) is 0. The summed E-state index contributed by atoms with van der Waals surface area (Å²) in [6.07, 6.45) is 8.58. The van der Waals surface area contributed by atoms with Gasteiger partial charge in [0.05, 0.1) is 12.2 Å². The van der Waals surface area contributed by atoms with Crippen molar-refractivity contribution in [2.75, 3.05) is 13.2 Å². The molecule has 2 heteroatoms. The average molecular weight is 193 g/mol. The third kappa shape index (κ3) is 1.17. The Morgan fingerprint density at radius 2 is 1.71 bits per heavy atom. The molecule has 1 saturated carbocycles. The van der Waals surface area contributed by atoms with E-state index in [-0.39, 0.29) is 0 Å². The van der Waals surface area contributed by atoms with E-state index in [0.717, 1.165) is 24.6 Å². The van der Waals surface area contributed by atoms with Crippen molar-refractivity contribution in [1.82, 2.24) is 4.90 Å². The maximum absolute atomic E-state index is 5.66. The number of fused-ring (bicyclic) bond motifs is 2. The minimum Gasteiger partial charge on any atom is -0.369 e. The zero-order valence-electron chi connectivity index (χ0n) is 8.74. The number of hydrogen-bond acceptors (Lipinski definition) is 2. The molecule has 1 spiro atoms. The predicted molar refractivity (Wildman–Crippen MR) is 54.2 cm³/mol. The zero-order valence-corrected chi connectivity index (χ0v) is 8.74. The first-order chi connectivity index (χ1) is 6.85. The summed E-state index contributed by atoms with van der Waals surface area (Å²) in [4.78, 5) is 2.82. The van der Waals surface area contributed by atoms with Gasteiger partial charge in [-0.25, -0.2) is 0 Å². The Morgan fingerprint density at radius 3 is 2.21 bits per heavy atom. The molecule has 14 heavy (non-hydrogen) atoms. The molecule has 2 bridgehead atoms. The van der Waals surface area contributed by atoms with Gasteiger partial charge >= 0.3 is 0 Å². The van der Waals surface area contributed by atoms with Gasteiger partial charge in [0.1, 0.15) is 0 Å². The van der Waals surface area contributed by atoms with E-state index < -0.39 is 0 Å². The molecule has 4 fully saturated rings. The van der Waals surface area contributed by atoms with E-state index in [0.29, 0.717) is 5.60 Å². The Bertz CT molecular complexity index is 241. The van der Waals surface area contributed by atoms with Crippen molar-refractivity contribution >= 4 is 0 Å². The largest absolute Gasteiger partial charge is 0.369 e. The highest BCUT2D eigenvalue weighted by atomic mass is 16.6. The molecule has 3 aliphatic heterocycles. The zero-order chi connectivity index (χ0) is 9.17. The summed E-state index contributed by atoms with van der Waals surface area (Å²) in [5.41, 5.74) is 0.381. The maximum atomic E-state index is 5.66. The van der Waals surface area contributed by atoms with Crippen LogP contribution < -0.4 is 0 Å². The van der Waals surface area contributed by atoms with Crippen LogP contribution in [0.25, 0.3) is 0 Å². The molecule has 2 unspecified atom stereocenters. The van der Waals surface area contributed by atoms with Crippen LogP contribution in [0.1, 0.15) is 38.5 Å². The number of nitrogens with zero attached hydrogens (tertiary/aromatic N) is 1. The van der Waals surface area contributed by atoms with Gasteiger partial charge in [0.25, 0.3) is 0 Å². The molecule has 0 radical (unpaired) electrons. The number of ether oxygens (including phenoxy) is 1. The van der Waals surface area contributed by atoms with Gasteiger partial charge in [-0.3, -0.25) is 4.90 Å². The van der Waals surface area contributed by atoms with E-state index in [9.17, 15) is 0 Å². The van der Waals surface area contributed by atoms with Gasteiger partial charge in [0.15, 0.2) is 0 Å². The third-order valence-electron chi connectivity index (χ3n) is 4.70. The standard InChI is InChI=1S/C12H19NO/c1-2-9(1)7-13-10-3-4-11(13)6-12(5-10)8-14-12/h9-11H,1-8H2. The van der Waals surface area contributed by atoms with Gasteiger partial charge in [-0.1, -0.05) is 0 Å². The second-order valence-corrected chi connectivity index (χ2v) is 5.91. The van der Waals surface area contributed by atoms with Crippen molar-refractivity contribution in [1.29, 1.82) is 0 Å². The molecule has 2 atom stereocenters. The Hall–Kier alpha value is -0.0800. The van der Waals surface area contributed by atoms with Crippen LogP contribution in [0, 0.1) is 5.92 Å². The second-order valence-electron chi connectivity index (χ2n) is 5.91. The van der Waals surface area contributed by atoms with E-state index >= 15 is 0 Å². The molecule has 0 aromatic rings. The van der Waals surface area contributed by atoms with Gasteiger partial charge in [0.2, 0.25) is 0 Å². The van der Waals surface area contributed by atoms with E-state index in [1.54, 1.807) is 0 Å². The summed E-state index contributed by atoms with van der Waals surface area (Å²) in [6, 6.07) is 1.77. The molecular formula is C12H19NO. The number of piperidine rings is 1. The monoisotopic (exact) mass is 193 g/mol. The van der Waals surface area contributed by atoms with Gasteiger partial charge in [0, 0.05) is 18.6 Å². The Kier molecular flexibility index (Phi) is 1.47.